The predicted molar refractivity (Wildman–Crippen MR) is 90.3 cm³/mol. The lowest BCUT2D eigenvalue weighted by molar-refractivity contribution is -0.161. The Kier molecular flexibility index (Phi) is 5.37. The average Bonchev–Trinajstić information content (AvgIpc) is 2.48. The van der Waals surface area contributed by atoms with Crippen LogP contribution in [0.1, 0.15) is 37.3 Å². The molecule has 0 aromatic heterocycles. The molecule has 1 saturated heterocycles. The number of rotatable bonds is 5. The van der Waals surface area contributed by atoms with Gasteiger partial charge in [0, 0.05) is 13.1 Å². The van der Waals surface area contributed by atoms with Gasteiger partial charge in [-0.1, -0.05) is 19.4 Å². The van der Waals surface area contributed by atoms with Crippen LogP contribution in [-0.2, 0) is 14.8 Å². The Morgan fingerprint density at radius 1 is 1.29 bits per heavy atom. The van der Waals surface area contributed by atoms with Gasteiger partial charge in [0.15, 0.2) is 0 Å². The van der Waals surface area contributed by atoms with Gasteiger partial charge in [-0.2, -0.15) is 4.31 Å². The average molecular weight is 355 g/mol. The molecule has 1 aromatic rings. The normalized spacial score (nSPS) is 25.6. The summed E-state index contributed by atoms with van der Waals surface area (Å²) in [6, 6.07) is 5.07. The predicted octanol–water partition coefficient (Wildman–Crippen LogP) is 1.93. The molecule has 0 spiro atoms. The SMILES string of the molecule is CCC[C@]1(C(=O)O)CN(S(=O)(=O)c2cc(C)cc(C)c2)CC[C@H]1O. The zero-order chi connectivity index (χ0) is 18.1. The van der Waals surface area contributed by atoms with Crippen LogP contribution in [0.5, 0.6) is 0 Å². The van der Waals surface area contributed by atoms with E-state index in [-0.39, 0.29) is 30.8 Å². The molecule has 2 N–H and O–H groups in total. The molecule has 6 nitrogen and oxygen atoms in total. The van der Waals surface area contributed by atoms with Crippen molar-refractivity contribution in [3.63, 3.8) is 0 Å². The summed E-state index contributed by atoms with van der Waals surface area (Å²) >= 11 is 0. The van der Waals surface area contributed by atoms with Crippen LogP contribution >= 0.6 is 0 Å². The largest absolute Gasteiger partial charge is 0.481 e. The second kappa shape index (κ2) is 6.82. The highest BCUT2D eigenvalue weighted by Gasteiger charge is 2.50. The molecule has 1 aromatic carbocycles. The number of carboxylic acid groups (broad SMARTS) is 1. The van der Waals surface area contributed by atoms with E-state index in [4.69, 9.17) is 0 Å². The highest BCUT2D eigenvalue weighted by Crippen LogP contribution is 2.37. The summed E-state index contributed by atoms with van der Waals surface area (Å²) < 4.78 is 27.1. The van der Waals surface area contributed by atoms with Crippen LogP contribution in [0.15, 0.2) is 23.1 Å². The third kappa shape index (κ3) is 3.34. The first kappa shape index (κ1) is 18.9. The van der Waals surface area contributed by atoms with Crippen LogP contribution in [0.2, 0.25) is 0 Å². The van der Waals surface area contributed by atoms with Crippen molar-refractivity contribution in [2.45, 2.75) is 51.0 Å². The molecule has 1 aliphatic heterocycles. The van der Waals surface area contributed by atoms with Crippen LogP contribution < -0.4 is 0 Å². The number of hydrogen-bond donors (Lipinski definition) is 2. The van der Waals surface area contributed by atoms with Crippen LogP contribution in [0.25, 0.3) is 0 Å². The smallest absolute Gasteiger partial charge is 0.313 e. The zero-order valence-electron chi connectivity index (χ0n) is 14.3. The highest BCUT2D eigenvalue weighted by molar-refractivity contribution is 7.89. The molecule has 2 rings (SSSR count). The Morgan fingerprint density at radius 3 is 2.38 bits per heavy atom. The number of benzene rings is 1. The fourth-order valence-corrected chi connectivity index (χ4v) is 5.20. The minimum Gasteiger partial charge on any atom is -0.481 e. The van der Waals surface area contributed by atoms with E-state index < -0.39 is 27.5 Å². The van der Waals surface area contributed by atoms with Gasteiger partial charge in [0.2, 0.25) is 10.0 Å². The molecule has 0 radical (unpaired) electrons. The topological polar surface area (TPSA) is 94.9 Å². The number of aliphatic carboxylic acids is 1. The van der Waals surface area contributed by atoms with Gasteiger partial charge in [0.1, 0.15) is 5.41 Å². The van der Waals surface area contributed by atoms with Crippen molar-refractivity contribution in [1.82, 2.24) is 4.31 Å². The number of carboxylic acids is 1. The summed E-state index contributed by atoms with van der Waals surface area (Å²) in [6.45, 7) is 5.39. The number of aryl methyl sites for hydroxylation is 2. The fourth-order valence-electron chi connectivity index (χ4n) is 3.49. The molecule has 1 heterocycles. The van der Waals surface area contributed by atoms with Gasteiger partial charge < -0.3 is 10.2 Å². The highest BCUT2D eigenvalue weighted by atomic mass is 32.2. The zero-order valence-corrected chi connectivity index (χ0v) is 15.1. The van der Waals surface area contributed by atoms with Crippen molar-refractivity contribution in [2.75, 3.05) is 13.1 Å². The first-order valence-corrected chi connectivity index (χ1v) is 9.57. The van der Waals surface area contributed by atoms with E-state index in [2.05, 4.69) is 0 Å². The third-order valence-electron chi connectivity index (χ3n) is 4.70. The van der Waals surface area contributed by atoms with Crippen molar-refractivity contribution in [3.8, 4) is 0 Å². The van der Waals surface area contributed by atoms with Crippen molar-refractivity contribution in [1.29, 1.82) is 0 Å². The Hall–Kier alpha value is -1.44. The Bertz CT molecular complexity index is 710. The molecule has 24 heavy (non-hydrogen) atoms. The van der Waals surface area contributed by atoms with Gasteiger partial charge in [0.05, 0.1) is 11.0 Å². The monoisotopic (exact) mass is 355 g/mol. The fraction of sp³-hybridized carbons (Fsp3) is 0.588. The van der Waals surface area contributed by atoms with Crippen molar-refractivity contribution >= 4 is 16.0 Å². The minimum atomic E-state index is -3.79. The van der Waals surface area contributed by atoms with Crippen molar-refractivity contribution in [3.05, 3.63) is 29.3 Å². The number of piperidine rings is 1. The first-order chi connectivity index (χ1) is 11.1. The molecule has 1 fully saturated rings. The minimum absolute atomic E-state index is 0.120. The molecule has 7 heteroatoms. The Morgan fingerprint density at radius 2 is 1.88 bits per heavy atom. The van der Waals surface area contributed by atoms with Crippen LogP contribution in [0.3, 0.4) is 0 Å². The van der Waals surface area contributed by atoms with Crippen LogP contribution in [-0.4, -0.2) is 48.1 Å². The first-order valence-electron chi connectivity index (χ1n) is 8.13. The molecular formula is C17H25NO5S. The van der Waals surface area contributed by atoms with E-state index in [1.165, 1.54) is 4.31 Å². The van der Waals surface area contributed by atoms with Gasteiger partial charge in [0.25, 0.3) is 0 Å². The van der Waals surface area contributed by atoms with Gasteiger partial charge in [-0.05, 0) is 49.9 Å². The van der Waals surface area contributed by atoms with Crippen molar-refractivity contribution < 1.29 is 23.4 Å². The van der Waals surface area contributed by atoms with Gasteiger partial charge in [-0.25, -0.2) is 8.42 Å². The quantitative estimate of drug-likeness (QED) is 0.841. The van der Waals surface area contributed by atoms with Gasteiger partial charge in [-0.15, -0.1) is 0 Å². The standard InChI is InChI=1S/C17H25NO5S/c1-4-6-17(16(20)21)11-18(7-5-15(17)19)24(22,23)14-9-12(2)8-13(3)10-14/h8-10,15,19H,4-7,11H2,1-3H3,(H,20,21)/t15-,17+/m1/s1. The number of sulfonamides is 1. The molecule has 1 aliphatic rings. The lowest BCUT2D eigenvalue weighted by Crippen LogP contribution is -2.57. The van der Waals surface area contributed by atoms with E-state index in [1.54, 1.807) is 12.1 Å². The molecule has 0 unspecified atom stereocenters. The summed E-state index contributed by atoms with van der Waals surface area (Å²) in [5.74, 6) is -1.14. The molecule has 0 amide bonds. The molecule has 2 atom stereocenters. The van der Waals surface area contributed by atoms with Crippen LogP contribution in [0.4, 0.5) is 0 Å². The van der Waals surface area contributed by atoms with Crippen LogP contribution in [0, 0.1) is 19.3 Å². The molecule has 0 saturated carbocycles. The van der Waals surface area contributed by atoms with E-state index in [0.29, 0.717) is 6.42 Å². The number of aliphatic hydroxyl groups is 1. The van der Waals surface area contributed by atoms with E-state index in [0.717, 1.165) is 11.1 Å². The number of aliphatic hydroxyl groups excluding tert-OH is 1. The second-order valence-corrected chi connectivity index (χ2v) is 8.62. The molecule has 0 bridgehead atoms. The van der Waals surface area contributed by atoms with E-state index in [1.807, 2.05) is 26.8 Å². The molecule has 134 valence electrons. The Labute approximate surface area is 143 Å². The van der Waals surface area contributed by atoms with E-state index in [9.17, 15) is 23.4 Å². The van der Waals surface area contributed by atoms with E-state index >= 15 is 0 Å². The summed E-state index contributed by atoms with van der Waals surface area (Å²) in [5.41, 5.74) is 0.228. The molecule has 0 aliphatic carbocycles. The maximum absolute atomic E-state index is 13.0. The van der Waals surface area contributed by atoms with Gasteiger partial charge >= 0.3 is 5.97 Å². The van der Waals surface area contributed by atoms with Gasteiger partial charge in [-0.3, -0.25) is 4.79 Å². The number of nitrogens with zero attached hydrogens (tertiary/aromatic N) is 1. The lowest BCUT2D eigenvalue weighted by Gasteiger charge is -2.42. The second-order valence-electron chi connectivity index (χ2n) is 6.68. The summed E-state index contributed by atoms with van der Waals surface area (Å²) in [7, 11) is -3.79. The Balaban J connectivity index is 2.42. The van der Waals surface area contributed by atoms with Crippen molar-refractivity contribution in [2.24, 2.45) is 5.41 Å². The lowest BCUT2D eigenvalue weighted by atomic mass is 9.74. The molecular weight excluding hydrogens is 330 g/mol. The summed E-state index contributed by atoms with van der Waals surface area (Å²) in [5, 5.41) is 19.9. The summed E-state index contributed by atoms with van der Waals surface area (Å²) in [6.07, 6.45) is -0.125. The number of hydrogen-bond acceptors (Lipinski definition) is 4. The maximum Gasteiger partial charge on any atom is 0.313 e. The number of carbonyl (C=O) groups is 1. The maximum atomic E-state index is 13.0. The third-order valence-corrected chi connectivity index (χ3v) is 6.53. The summed E-state index contributed by atoms with van der Waals surface area (Å²) in [4.78, 5) is 12.0.